The fraction of sp³-hybridized carbons (Fsp3) is 0.182. The summed E-state index contributed by atoms with van der Waals surface area (Å²) in [5.74, 6) is -0.374. The first-order valence-electron chi connectivity index (χ1n) is 9.04. The SMILES string of the molecule is CCOC(=O)c1ccc(NC(=O)Nc2ccc3c4c(cccc24)CC3)cc1. The van der Waals surface area contributed by atoms with Crippen molar-refractivity contribution >= 4 is 34.1 Å². The maximum atomic E-state index is 12.4. The third-order valence-electron chi connectivity index (χ3n) is 4.78. The summed E-state index contributed by atoms with van der Waals surface area (Å²) < 4.78 is 4.95. The van der Waals surface area contributed by atoms with Gasteiger partial charge in [-0.3, -0.25) is 0 Å². The summed E-state index contributed by atoms with van der Waals surface area (Å²) in [6, 6.07) is 16.6. The van der Waals surface area contributed by atoms with Crippen molar-refractivity contribution < 1.29 is 14.3 Å². The van der Waals surface area contributed by atoms with Crippen LogP contribution < -0.4 is 10.6 Å². The third-order valence-corrected chi connectivity index (χ3v) is 4.78. The Morgan fingerprint density at radius 3 is 2.41 bits per heavy atom. The van der Waals surface area contributed by atoms with E-state index in [4.69, 9.17) is 4.74 Å². The fourth-order valence-corrected chi connectivity index (χ4v) is 3.54. The molecular formula is C22H20N2O3. The monoisotopic (exact) mass is 360 g/mol. The quantitative estimate of drug-likeness (QED) is 0.659. The summed E-state index contributed by atoms with van der Waals surface area (Å²) in [7, 11) is 0. The van der Waals surface area contributed by atoms with Crippen LogP contribution in [0.5, 0.6) is 0 Å². The molecule has 0 radical (unpaired) electrons. The van der Waals surface area contributed by atoms with Crippen LogP contribution in [0.15, 0.2) is 54.6 Å². The number of nitrogens with one attached hydrogen (secondary N) is 2. The number of urea groups is 1. The first kappa shape index (κ1) is 17.1. The summed E-state index contributed by atoms with van der Waals surface area (Å²) in [6.45, 7) is 2.09. The molecule has 3 aromatic rings. The normalized spacial score (nSPS) is 12.0. The molecule has 3 aromatic carbocycles. The van der Waals surface area contributed by atoms with Crippen LogP contribution >= 0.6 is 0 Å². The minimum Gasteiger partial charge on any atom is -0.462 e. The summed E-state index contributed by atoms with van der Waals surface area (Å²) in [4.78, 5) is 24.1. The molecule has 2 N–H and O–H groups in total. The topological polar surface area (TPSA) is 67.4 Å². The lowest BCUT2D eigenvalue weighted by Crippen LogP contribution is -2.19. The van der Waals surface area contributed by atoms with E-state index in [1.54, 1.807) is 31.2 Å². The van der Waals surface area contributed by atoms with Gasteiger partial charge in [-0.05, 0) is 66.6 Å². The Kier molecular flexibility index (Phi) is 4.50. The van der Waals surface area contributed by atoms with Gasteiger partial charge < -0.3 is 15.4 Å². The van der Waals surface area contributed by atoms with Gasteiger partial charge in [0.1, 0.15) is 0 Å². The molecule has 136 valence electrons. The Balaban J connectivity index is 1.49. The van der Waals surface area contributed by atoms with Gasteiger partial charge in [0.15, 0.2) is 0 Å². The van der Waals surface area contributed by atoms with E-state index >= 15 is 0 Å². The zero-order chi connectivity index (χ0) is 18.8. The first-order valence-corrected chi connectivity index (χ1v) is 9.04. The minimum atomic E-state index is -0.374. The van der Waals surface area contributed by atoms with E-state index in [1.165, 1.54) is 16.5 Å². The molecule has 0 saturated heterocycles. The van der Waals surface area contributed by atoms with Gasteiger partial charge in [0.25, 0.3) is 0 Å². The number of ether oxygens (including phenoxy) is 1. The number of rotatable bonds is 4. The molecule has 1 aliphatic rings. The van der Waals surface area contributed by atoms with Gasteiger partial charge in [-0.2, -0.15) is 0 Å². The van der Waals surface area contributed by atoms with Crippen molar-refractivity contribution in [2.45, 2.75) is 19.8 Å². The van der Waals surface area contributed by atoms with Crippen LogP contribution in [0.4, 0.5) is 16.2 Å². The van der Waals surface area contributed by atoms with E-state index in [0.29, 0.717) is 17.9 Å². The summed E-state index contributed by atoms with van der Waals surface area (Å²) in [5, 5.41) is 8.05. The molecule has 27 heavy (non-hydrogen) atoms. The van der Waals surface area contributed by atoms with Crippen LogP contribution in [-0.4, -0.2) is 18.6 Å². The highest BCUT2D eigenvalue weighted by Gasteiger charge is 2.16. The molecule has 0 bridgehead atoms. The Labute approximate surface area is 157 Å². The summed E-state index contributed by atoms with van der Waals surface area (Å²) in [6.07, 6.45) is 2.10. The van der Waals surface area contributed by atoms with Crippen molar-refractivity contribution in [2.75, 3.05) is 17.2 Å². The highest BCUT2D eigenvalue weighted by atomic mass is 16.5. The molecule has 5 nitrogen and oxygen atoms in total. The van der Waals surface area contributed by atoms with Crippen LogP contribution in [0, 0.1) is 0 Å². The lowest BCUT2D eigenvalue weighted by molar-refractivity contribution is 0.0526. The molecule has 0 heterocycles. The minimum absolute atomic E-state index is 0.322. The maximum Gasteiger partial charge on any atom is 0.338 e. The van der Waals surface area contributed by atoms with Gasteiger partial charge in [-0.25, -0.2) is 9.59 Å². The van der Waals surface area contributed by atoms with E-state index in [-0.39, 0.29) is 12.0 Å². The van der Waals surface area contributed by atoms with Crippen LogP contribution in [-0.2, 0) is 17.6 Å². The Hall–Kier alpha value is -3.34. The predicted octanol–water partition coefficient (Wildman–Crippen LogP) is 4.76. The van der Waals surface area contributed by atoms with Crippen LogP contribution in [0.3, 0.4) is 0 Å². The molecule has 1 aliphatic carbocycles. The zero-order valence-corrected chi connectivity index (χ0v) is 15.0. The Morgan fingerprint density at radius 1 is 0.926 bits per heavy atom. The standard InChI is InChI=1S/C22H20N2O3/c1-2-27-21(25)16-8-11-17(12-9-16)23-22(26)24-19-13-10-15-7-6-14-4-3-5-18(19)20(14)15/h3-5,8-13H,2,6-7H2,1H3,(H2,23,24,26). The summed E-state index contributed by atoms with van der Waals surface area (Å²) >= 11 is 0. The molecule has 0 atom stereocenters. The summed E-state index contributed by atoms with van der Waals surface area (Å²) in [5.41, 5.74) is 4.52. The van der Waals surface area contributed by atoms with Crippen molar-refractivity contribution in [3.05, 3.63) is 71.3 Å². The van der Waals surface area contributed by atoms with Gasteiger partial charge in [0.2, 0.25) is 0 Å². The first-order chi connectivity index (χ1) is 13.2. The highest BCUT2D eigenvalue weighted by Crippen LogP contribution is 2.35. The molecule has 5 heteroatoms. The van der Waals surface area contributed by atoms with Crippen molar-refractivity contribution in [3.63, 3.8) is 0 Å². The number of hydrogen-bond acceptors (Lipinski definition) is 3. The largest absolute Gasteiger partial charge is 0.462 e. The molecule has 0 unspecified atom stereocenters. The lowest BCUT2D eigenvalue weighted by atomic mass is 10.0. The number of hydrogen-bond donors (Lipinski definition) is 2. The van der Waals surface area contributed by atoms with Gasteiger partial charge in [-0.1, -0.05) is 24.3 Å². The fourth-order valence-electron chi connectivity index (χ4n) is 3.54. The van der Waals surface area contributed by atoms with E-state index in [0.717, 1.165) is 23.9 Å². The van der Waals surface area contributed by atoms with Crippen molar-refractivity contribution in [1.82, 2.24) is 0 Å². The number of anilines is 2. The molecule has 2 amide bonds. The van der Waals surface area contributed by atoms with Crippen LogP contribution in [0.2, 0.25) is 0 Å². The molecule has 0 saturated carbocycles. The van der Waals surface area contributed by atoms with Crippen molar-refractivity contribution in [1.29, 1.82) is 0 Å². The average Bonchev–Trinajstić information content (AvgIpc) is 3.09. The van der Waals surface area contributed by atoms with E-state index in [9.17, 15) is 9.59 Å². The van der Waals surface area contributed by atoms with Gasteiger partial charge in [0.05, 0.1) is 17.9 Å². The zero-order valence-electron chi connectivity index (χ0n) is 15.0. The number of amides is 2. The third kappa shape index (κ3) is 3.36. The number of esters is 1. The molecule has 0 fully saturated rings. The lowest BCUT2D eigenvalue weighted by Gasteiger charge is -2.12. The molecule has 4 rings (SSSR count). The number of benzene rings is 3. The van der Waals surface area contributed by atoms with Crippen molar-refractivity contribution in [2.24, 2.45) is 0 Å². The van der Waals surface area contributed by atoms with Gasteiger partial charge >= 0.3 is 12.0 Å². The van der Waals surface area contributed by atoms with E-state index in [2.05, 4.69) is 22.8 Å². The molecule has 0 spiro atoms. The smallest absolute Gasteiger partial charge is 0.338 e. The Morgan fingerprint density at radius 2 is 1.67 bits per heavy atom. The second-order valence-corrected chi connectivity index (χ2v) is 6.49. The van der Waals surface area contributed by atoms with Gasteiger partial charge in [-0.15, -0.1) is 0 Å². The predicted molar refractivity (Wildman–Crippen MR) is 106 cm³/mol. The Bertz CT molecular complexity index is 1020. The highest BCUT2D eigenvalue weighted by molar-refractivity contribution is 6.08. The second-order valence-electron chi connectivity index (χ2n) is 6.49. The number of carbonyl (C=O) groups excluding carboxylic acids is 2. The second kappa shape index (κ2) is 7.11. The van der Waals surface area contributed by atoms with Crippen LogP contribution in [0.25, 0.3) is 10.8 Å². The average molecular weight is 360 g/mol. The molecule has 0 aromatic heterocycles. The van der Waals surface area contributed by atoms with Crippen LogP contribution in [0.1, 0.15) is 28.4 Å². The molecule has 0 aliphatic heterocycles. The van der Waals surface area contributed by atoms with Gasteiger partial charge in [0, 0.05) is 11.1 Å². The van der Waals surface area contributed by atoms with E-state index in [1.807, 2.05) is 18.2 Å². The number of aryl methyl sites for hydroxylation is 2. The van der Waals surface area contributed by atoms with E-state index < -0.39 is 0 Å². The molecular weight excluding hydrogens is 340 g/mol. The van der Waals surface area contributed by atoms with Crippen molar-refractivity contribution in [3.8, 4) is 0 Å². The maximum absolute atomic E-state index is 12.4. The number of carbonyl (C=O) groups is 2.